The smallest absolute Gasteiger partial charge is 0.303 e. The van der Waals surface area contributed by atoms with Crippen LogP contribution in [0.4, 0.5) is 0 Å². The van der Waals surface area contributed by atoms with Crippen LogP contribution in [-0.2, 0) is 4.79 Å². The molecule has 0 spiro atoms. The fourth-order valence-corrected chi connectivity index (χ4v) is 4.46. The quantitative estimate of drug-likeness (QED) is 0.350. The zero-order valence-corrected chi connectivity index (χ0v) is 15.7. The average molecular weight is 325 g/mol. The molecule has 1 fully saturated rings. The first-order valence-corrected chi connectivity index (χ1v) is 10.3. The van der Waals surface area contributed by atoms with Crippen molar-refractivity contribution in [1.29, 1.82) is 0 Å². The van der Waals surface area contributed by atoms with Gasteiger partial charge in [-0.25, -0.2) is 0 Å². The normalized spacial score (nSPS) is 24.2. The van der Waals surface area contributed by atoms with E-state index >= 15 is 0 Å². The Morgan fingerprint density at radius 1 is 1.00 bits per heavy atom. The van der Waals surface area contributed by atoms with Crippen molar-refractivity contribution < 1.29 is 9.90 Å². The first-order valence-electron chi connectivity index (χ1n) is 10.3. The molecule has 0 aromatic rings. The van der Waals surface area contributed by atoms with Crippen LogP contribution in [0, 0.1) is 11.3 Å². The minimum Gasteiger partial charge on any atom is -0.481 e. The summed E-state index contributed by atoms with van der Waals surface area (Å²) in [6.07, 6.45) is 20.4. The summed E-state index contributed by atoms with van der Waals surface area (Å²) in [6, 6.07) is 0. The molecule has 136 valence electrons. The van der Waals surface area contributed by atoms with Crippen LogP contribution in [0.15, 0.2) is 0 Å². The molecule has 0 aliphatic heterocycles. The highest BCUT2D eigenvalue weighted by atomic mass is 16.4. The highest BCUT2D eigenvalue weighted by Crippen LogP contribution is 2.49. The molecule has 0 heterocycles. The van der Waals surface area contributed by atoms with E-state index in [0.717, 1.165) is 18.8 Å². The number of carboxylic acids is 1. The molecule has 2 heteroatoms. The maximum atomic E-state index is 10.5. The number of hydrogen-bond acceptors (Lipinski definition) is 1. The molecule has 0 bridgehead atoms. The largest absolute Gasteiger partial charge is 0.481 e. The van der Waals surface area contributed by atoms with Gasteiger partial charge >= 0.3 is 5.97 Å². The topological polar surface area (TPSA) is 37.3 Å². The van der Waals surface area contributed by atoms with Crippen molar-refractivity contribution in [2.45, 2.75) is 117 Å². The van der Waals surface area contributed by atoms with Crippen molar-refractivity contribution in [2.24, 2.45) is 11.3 Å². The van der Waals surface area contributed by atoms with E-state index in [1.165, 1.54) is 83.5 Å². The second-order valence-corrected chi connectivity index (χ2v) is 8.11. The van der Waals surface area contributed by atoms with Crippen LogP contribution in [0.3, 0.4) is 0 Å². The minimum atomic E-state index is -0.647. The first-order chi connectivity index (χ1) is 11.1. The van der Waals surface area contributed by atoms with Crippen LogP contribution >= 0.6 is 0 Å². The van der Waals surface area contributed by atoms with Gasteiger partial charge in [-0.3, -0.25) is 4.79 Å². The molecule has 1 aliphatic carbocycles. The molecular formula is C21H40O2. The molecular weight excluding hydrogens is 284 g/mol. The molecule has 2 nitrogen and oxygen atoms in total. The molecule has 0 radical (unpaired) electrons. The van der Waals surface area contributed by atoms with E-state index in [2.05, 4.69) is 13.8 Å². The summed E-state index contributed by atoms with van der Waals surface area (Å²) < 4.78 is 0. The van der Waals surface area contributed by atoms with Gasteiger partial charge in [0.2, 0.25) is 0 Å². The van der Waals surface area contributed by atoms with E-state index in [-0.39, 0.29) is 0 Å². The molecule has 0 unspecified atom stereocenters. The van der Waals surface area contributed by atoms with Gasteiger partial charge in [-0.05, 0) is 43.4 Å². The lowest BCUT2D eigenvalue weighted by atomic mass is 9.73. The number of carboxylic acid groups (broad SMARTS) is 1. The van der Waals surface area contributed by atoms with Gasteiger partial charge in [0.1, 0.15) is 0 Å². The number of hydrogen-bond donors (Lipinski definition) is 1. The summed E-state index contributed by atoms with van der Waals surface area (Å²) >= 11 is 0. The van der Waals surface area contributed by atoms with Gasteiger partial charge in [0.25, 0.3) is 0 Å². The lowest BCUT2D eigenvalue weighted by Gasteiger charge is -2.32. The monoisotopic (exact) mass is 324 g/mol. The Labute approximate surface area is 144 Å². The lowest BCUT2D eigenvalue weighted by Crippen LogP contribution is -2.21. The number of rotatable bonds is 14. The zero-order chi connectivity index (χ0) is 17.0. The Morgan fingerprint density at radius 3 is 2.39 bits per heavy atom. The van der Waals surface area contributed by atoms with E-state index in [1.54, 1.807) is 0 Å². The van der Waals surface area contributed by atoms with Crippen molar-refractivity contribution in [2.75, 3.05) is 0 Å². The van der Waals surface area contributed by atoms with Crippen molar-refractivity contribution in [1.82, 2.24) is 0 Å². The van der Waals surface area contributed by atoms with Crippen LogP contribution in [0.5, 0.6) is 0 Å². The van der Waals surface area contributed by atoms with Crippen molar-refractivity contribution in [3.63, 3.8) is 0 Å². The van der Waals surface area contributed by atoms with Crippen molar-refractivity contribution >= 4 is 5.97 Å². The molecule has 0 aromatic heterocycles. The van der Waals surface area contributed by atoms with Gasteiger partial charge in [0, 0.05) is 6.42 Å². The van der Waals surface area contributed by atoms with Crippen LogP contribution in [-0.4, -0.2) is 11.1 Å². The lowest BCUT2D eigenvalue weighted by molar-refractivity contribution is -0.137. The summed E-state index contributed by atoms with van der Waals surface area (Å²) in [7, 11) is 0. The summed E-state index contributed by atoms with van der Waals surface area (Å²) in [5, 5.41) is 8.67. The third kappa shape index (κ3) is 8.77. The fourth-order valence-electron chi connectivity index (χ4n) is 4.46. The highest BCUT2D eigenvalue weighted by Gasteiger charge is 2.37. The van der Waals surface area contributed by atoms with E-state index in [4.69, 9.17) is 5.11 Å². The van der Waals surface area contributed by atoms with Gasteiger partial charge < -0.3 is 5.11 Å². The average Bonchev–Trinajstić information content (AvgIpc) is 2.87. The van der Waals surface area contributed by atoms with Crippen LogP contribution in [0.1, 0.15) is 117 Å². The Kier molecular flexibility index (Phi) is 10.6. The Hall–Kier alpha value is -0.530. The third-order valence-electron chi connectivity index (χ3n) is 6.08. The standard InChI is InChI=1S/C21H40O2/c1-3-4-5-6-7-10-14-19-15-13-18-21(19,2)17-12-9-8-11-16-20(22)23/h19H,3-18H2,1-2H3,(H,22,23)/t19-,21-/m0/s1. The molecule has 0 aromatic carbocycles. The van der Waals surface area contributed by atoms with Crippen LogP contribution in [0.25, 0.3) is 0 Å². The predicted octanol–water partition coefficient (Wildman–Crippen LogP) is 6.97. The second-order valence-electron chi connectivity index (χ2n) is 8.11. The second kappa shape index (κ2) is 11.9. The SMILES string of the molecule is CCCCCCCC[C@H]1CCC[C@]1(C)CCCCCCC(=O)O. The maximum Gasteiger partial charge on any atom is 0.303 e. The summed E-state index contributed by atoms with van der Waals surface area (Å²) in [5.74, 6) is 0.305. The minimum absolute atomic E-state index is 0.345. The van der Waals surface area contributed by atoms with Crippen LogP contribution in [0.2, 0.25) is 0 Å². The maximum absolute atomic E-state index is 10.5. The predicted molar refractivity (Wildman–Crippen MR) is 98.8 cm³/mol. The van der Waals surface area contributed by atoms with E-state index in [9.17, 15) is 4.79 Å². The summed E-state index contributed by atoms with van der Waals surface area (Å²) in [5.41, 5.74) is 0.580. The molecule has 1 N–H and O–H groups in total. The molecule has 23 heavy (non-hydrogen) atoms. The molecule has 0 saturated heterocycles. The number of aliphatic carboxylic acids is 1. The summed E-state index contributed by atoms with van der Waals surface area (Å²) in [4.78, 5) is 10.5. The van der Waals surface area contributed by atoms with Crippen molar-refractivity contribution in [3.8, 4) is 0 Å². The van der Waals surface area contributed by atoms with Gasteiger partial charge in [0.15, 0.2) is 0 Å². The number of unbranched alkanes of at least 4 members (excludes halogenated alkanes) is 8. The molecule has 2 atom stereocenters. The van der Waals surface area contributed by atoms with E-state index < -0.39 is 5.97 Å². The third-order valence-corrected chi connectivity index (χ3v) is 6.08. The molecule has 1 saturated carbocycles. The van der Waals surface area contributed by atoms with E-state index in [1.807, 2.05) is 0 Å². The zero-order valence-electron chi connectivity index (χ0n) is 15.7. The van der Waals surface area contributed by atoms with Gasteiger partial charge in [0.05, 0.1) is 0 Å². The first kappa shape index (κ1) is 20.5. The number of carbonyl (C=O) groups is 1. The van der Waals surface area contributed by atoms with Gasteiger partial charge in [-0.1, -0.05) is 78.1 Å². The Bertz CT molecular complexity index is 313. The van der Waals surface area contributed by atoms with Gasteiger partial charge in [-0.15, -0.1) is 0 Å². The highest BCUT2D eigenvalue weighted by molar-refractivity contribution is 5.66. The Balaban J connectivity index is 2.12. The van der Waals surface area contributed by atoms with Gasteiger partial charge in [-0.2, -0.15) is 0 Å². The Morgan fingerprint density at radius 2 is 1.65 bits per heavy atom. The molecule has 1 aliphatic rings. The molecule has 0 amide bonds. The van der Waals surface area contributed by atoms with Crippen LogP contribution < -0.4 is 0 Å². The molecule has 1 rings (SSSR count). The van der Waals surface area contributed by atoms with Crippen molar-refractivity contribution in [3.05, 3.63) is 0 Å². The fraction of sp³-hybridized carbons (Fsp3) is 0.952. The van der Waals surface area contributed by atoms with E-state index in [0.29, 0.717) is 11.8 Å². The summed E-state index contributed by atoms with van der Waals surface area (Å²) in [6.45, 7) is 4.81.